The summed E-state index contributed by atoms with van der Waals surface area (Å²) >= 11 is 0. The average Bonchev–Trinajstić information content (AvgIpc) is 2.43. The summed E-state index contributed by atoms with van der Waals surface area (Å²) in [6.45, 7) is 3.36. The van der Waals surface area contributed by atoms with Gasteiger partial charge in [-0.25, -0.2) is 0 Å². The maximum Gasteiger partial charge on any atom is 0.225 e. The molecule has 0 spiro atoms. The molecule has 0 bridgehead atoms. The van der Waals surface area contributed by atoms with Crippen molar-refractivity contribution in [1.82, 2.24) is 4.90 Å². The SMILES string of the molecule is COc1ccccc1C(N)CN1CCCC(C)C1=O. The van der Waals surface area contributed by atoms with E-state index in [4.69, 9.17) is 10.5 Å². The van der Waals surface area contributed by atoms with Gasteiger partial charge in [0.15, 0.2) is 0 Å². The molecule has 2 unspecified atom stereocenters. The Morgan fingerprint density at radius 1 is 1.47 bits per heavy atom. The van der Waals surface area contributed by atoms with Crippen LogP contribution in [0, 0.1) is 5.92 Å². The zero-order valence-corrected chi connectivity index (χ0v) is 11.6. The summed E-state index contributed by atoms with van der Waals surface area (Å²) in [5.41, 5.74) is 7.19. The summed E-state index contributed by atoms with van der Waals surface area (Å²) in [5, 5.41) is 0. The Balaban J connectivity index is 2.08. The van der Waals surface area contributed by atoms with Crippen LogP contribution < -0.4 is 10.5 Å². The number of ether oxygens (including phenoxy) is 1. The van der Waals surface area contributed by atoms with Gasteiger partial charge < -0.3 is 15.4 Å². The molecule has 1 aromatic rings. The second-order valence-corrected chi connectivity index (χ2v) is 5.18. The Morgan fingerprint density at radius 3 is 2.95 bits per heavy atom. The number of hydrogen-bond donors (Lipinski definition) is 1. The standard InChI is InChI=1S/C15H22N2O2/c1-11-6-5-9-17(15(11)18)10-13(16)12-7-3-4-8-14(12)19-2/h3-4,7-8,11,13H,5-6,9-10,16H2,1-2H3. The van der Waals surface area contributed by atoms with Crippen LogP contribution in [0.5, 0.6) is 5.75 Å². The average molecular weight is 262 g/mol. The van der Waals surface area contributed by atoms with Crippen molar-refractivity contribution in [2.24, 2.45) is 11.7 Å². The zero-order valence-electron chi connectivity index (χ0n) is 11.6. The van der Waals surface area contributed by atoms with Gasteiger partial charge in [-0.3, -0.25) is 4.79 Å². The second-order valence-electron chi connectivity index (χ2n) is 5.18. The second kappa shape index (κ2) is 6.06. The largest absolute Gasteiger partial charge is 0.496 e. The van der Waals surface area contributed by atoms with E-state index in [2.05, 4.69) is 0 Å². The number of nitrogens with two attached hydrogens (primary N) is 1. The fraction of sp³-hybridized carbons (Fsp3) is 0.533. The Hall–Kier alpha value is -1.55. The van der Waals surface area contributed by atoms with Gasteiger partial charge in [-0.05, 0) is 18.9 Å². The zero-order chi connectivity index (χ0) is 13.8. The van der Waals surface area contributed by atoms with Gasteiger partial charge in [-0.15, -0.1) is 0 Å². The molecule has 1 amide bonds. The molecule has 2 atom stereocenters. The molecule has 104 valence electrons. The lowest BCUT2D eigenvalue weighted by molar-refractivity contribution is -0.138. The molecule has 1 aromatic carbocycles. The minimum Gasteiger partial charge on any atom is -0.496 e. The van der Waals surface area contributed by atoms with Crippen molar-refractivity contribution in [2.45, 2.75) is 25.8 Å². The molecule has 1 saturated heterocycles. The van der Waals surface area contributed by atoms with Gasteiger partial charge in [0, 0.05) is 24.6 Å². The number of methoxy groups -OCH3 is 1. The molecule has 1 aliphatic rings. The van der Waals surface area contributed by atoms with Crippen molar-refractivity contribution in [3.05, 3.63) is 29.8 Å². The Bertz CT molecular complexity index is 448. The maximum absolute atomic E-state index is 12.1. The van der Waals surface area contributed by atoms with Crippen LogP contribution >= 0.6 is 0 Å². The number of para-hydroxylation sites is 1. The number of rotatable bonds is 4. The van der Waals surface area contributed by atoms with E-state index in [0.717, 1.165) is 30.7 Å². The number of hydrogen-bond acceptors (Lipinski definition) is 3. The van der Waals surface area contributed by atoms with Crippen LogP contribution in [0.1, 0.15) is 31.4 Å². The van der Waals surface area contributed by atoms with Crippen LogP contribution in [-0.2, 0) is 4.79 Å². The number of carbonyl (C=O) groups excluding carboxylic acids is 1. The third-order valence-corrected chi connectivity index (χ3v) is 3.75. The summed E-state index contributed by atoms with van der Waals surface area (Å²) in [7, 11) is 1.64. The molecule has 0 radical (unpaired) electrons. The number of amides is 1. The predicted molar refractivity (Wildman–Crippen MR) is 74.9 cm³/mol. The minimum atomic E-state index is -0.203. The van der Waals surface area contributed by atoms with Gasteiger partial charge in [-0.2, -0.15) is 0 Å². The summed E-state index contributed by atoms with van der Waals surface area (Å²) in [6.07, 6.45) is 2.05. The highest BCUT2D eigenvalue weighted by molar-refractivity contribution is 5.79. The van der Waals surface area contributed by atoms with Crippen LogP contribution in [-0.4, -0.2) is 31.0 Å². The van der Waals surface area contributed by atoms with Gasteiger partial charge in [0.05, 0.1) is 13.2 Å². The number of benzene rings is 1. The highest BCUT2D eigenvalue weighted by Gasteiger charge is 2.27. The molecule has 0 saturated carbocycles. The quantitative estimate of drug-likeness (QED) is 0.902. The third kappa shape index (κ3) is 3.07. The van der Waals surface area contributed by atoms with Crippen molar-refractivity contribution in [2.75, 3.05) is 20.2 Å². The Labute approximate surface area is 114 Å². The highest BCUT2D eigenvalue weighted by atomic mass is 16.5. The summed E-state index contributed by atoms with van der Waals surface area (Å²) in [6, 6.07) is 7.52. The van der Waals surface area contributed by atoms with Gasteiger partial charge >= 0.3 is 0 Å². The van der Waals surface area contributed by atoms with Crippen LogP contribution in [0.4, 0.5) is 0 Å². The molecular weight excluding hydrogens is 240 g/mol. The van der Waals surface area contributed by atoms with E-state index < -0.39 is 0 Å². The first kappa shape index (κ1) is 13.9. The van der Waals surface area contributed by atoms with Gasteiger partial charge in [0.2, 0.25) is 5.91 Å². The molecule has 0 aliphatic carbocycles. The summed E-state index contributed by atoms with van der Waals surface area (Å²) < 4.78 is 5.32. The number of piperidine rings is 1. The first-order valence-corrected chi connectivity index (χ1v) is 6.80. The van der Waals surface area contributed by atoms with Gasteiger partial charge in [0.1, 0.15) is 5.75 Å². The van der Waals surface area contributed by atoms with Crippen molar-refractivity contribution in [3.8, 4) is 5.75 Å². The number of nitrogens with zero attached hydrogens (tertiary/aromatic N) is 1. The molecule has 4 nitrogen and oxygen atoms in total. The number of likely N-dealkylation sites (tertiary alicyclic amines) is 1. The van der Waals surface area contributed by atoms with E-state index in [1.807, 2.05) is 36.1 Å². The normalized spacial score (nSPS) is 21.3. The summed E-state index contributed by atoms with van der Waals surface area (Å²) in [4.78, 5) is 14.0. The molecule has 2 N–H and O–H groups in total. The van der Waals surface area contributed by atoms with Gasteiger partial charge in [0.25, 0.3) is 0 Å². The molecule has 0 aromatic heterocycles. The van der Waals surface area contributed by atoms with E-state index >= 15 is 0 Å². The fourth-order valence-corrected chi connectivity index (χ4v) is 2.62. The highest BCUT2D eigenvalue weighted by Crippen LogP contribution is 2.25. The molecular formula is C15H22N2O2. The molecule has 1 fully saturated rings. The third-order valence-electron chi connectivity index (χ3n) is 3.75. The first-order chi connectivity index (χ1) is 9.13. The Kier molecular flexibility index (Phi) is 4.43. The van der Waals surface area contributed by atoms with Crippen LogP contribution in [0.2, 0.25) is 0 Å². The first-order valence-electron chi connectivity index (χ1n) is 6.80. The molecule has 1 aliphatic heterocycles. The van der Waals surface area contributed by atoms with E-state index in [9.17, 15) is 4.79 Å². The van der Waals surface area contributed by atoms with Crippen LogP contribution in [0.25, 0.3) is 0 Å². The summed E-state index contributed by atoms with van der Waals surface area (Å²) in [5.74, 6) is 1.13. The smallest absolute Gasteiger partial charge is 0.225 e. The lowest BCUT2D eigenvalue weighted by Crippen LogP contribution is -2.43. The molecule has 2 rings (SSSR count). The maximum atomic E-state index is 12.1. The van der Waals surface area contributed by atoms with E-state index in [1.165, 1.54) is 0 Å². The van der Waals surface area contributed by atoms with Crippen molar-refractivity contribution < 1.29 is 9.53 Å². The number of carbonyl (C=O) groups is 1. The van der Waals surface area contributed by atoms with Gasteiger partial charge in [-0.1, -0.05) is 25.1 Å². The minimum absolute atomic E-state index is 0.124. The lowest BCUT2D eigenvalue weighted by Gasteiger charge is -2.32. The molecule has 4 heteroatoms. The predicted octanol–water partition coefficient (Wildman–Crippen LogP) is 1.95. The van der Waals surface area contributed by atoms with Crippen molar-refractivity contribution >= 4 is 5.91 Å². The van der Waals surface area contributed by atoms with Crippen LogP contribution in [0.15, 0.2) is 24.3 Å². The lowest BCUT2D eigenvalue weighted by atomic mass is 9.97. The fourth-order valence-electron chi connectivity index (χ4n) is 2.62. The Morgan fingerprint density at radius 2 is 2.21 bits per heavy atom. The van der Waals surface area contributed by atoms with E-state index in [1.54, 1.807) is 7.11 Å². The molecule has 19 heavy (non-hydrogen) atoms. The molecule has 1 heterocycles. The van der Waals surface area contributed by atoms with Crippen molar-refractivity contribution in [1.29, 1.82) is 0 Å². The topological polar surface area (TPSA) is 55.6 Å². The monoisotopic (exact) mass is 262 g/mol. The van der Waals surface area contributed by atoms with E-state index in [0.29, 0.717) is 6.54 Å². The van der Waals surface area contributed by atoms with E-state index in [-0.39, 0.29) is 17.9 Å². The van der Waals surface area contributed by atoms with Crippen LogP contribution in [0.3, 0.4) is 0 Å². The van der Waals surface area contributed by atoms with Crippen molar-refractivity contribution in [3.63, 3.8) is 0 Å².